The summed E-state index contributed by atoms with van der Waals surface area (Å²) in [5.74, 6) is 2.17. The van der Waals surface area contributed by atoms with Gasteiger partial charge in [0.1, 0.15) is 18.2 Å². The lowest BCUT2D eigenvalue weighted by molar-refractivity contribution is -0.126. The van der Waals surface area contributed by atoms with Gasteiger partial charge in [0.25, 0.3) is 0 Å². The van der Waals surface area contributed by atoms with Crippen molar-refractivity contribution in [3.8, 4) is 5.75 Å². The van der Waals surface area contributed by atoms with E-state index in [2.05, 4.69) is 28.8 Å². The van der Waals surface area contributed by atoms with Crippen molar-refractivity contribution in [2.24, 2.45) is 0 Å². The second kappa shape index (κ2) is 7.24. The first-order valence-electron chi connectivity index (χ1n) is 10.0. The monoisotopic (exact) mass is 385 g/mol. The number of benzene rings is 3. The molecule has 5 nitrogen and oxygen atoms in total. The smallest absolute Gasteiger partial charge is 0.223 e. The fourth-order valence-corrected chi connectivity index (χ4v) is 4.25. The zero-order valence-corrected chi connectivity index (χ0v) is 16.4. The molecule has 1 saturated heterocycles. The Bertz CT molecular complexity index is 1190. The van der Waals surface area contributed by atoms with Crippen LogP contribution >= 0.6 is 0 Å². The van der Waals surface area contributed by atoms with E-state index in [0.717, 1.165) is 28.0 Å². The van der Waals surface area contributed by atoms with Gasteiger partial charge < -0.3 is 14.2 Å². The molecule has 0 bridgehead atoms. The largest absolute Gasteiger partial charge is 0.491 e. The molecule has 0 saturated carbocycles. The number of aromatic nitrogens is 2. The van der Waals surface area contributed by atoms with Gasteiger partial charge in [0.15, 0.2) is 0 Å². The van der Waals surface area contributed by atoms with Crippen LogP contribution in [0.15, 0.2) is 66.7 Å². The number of likely N-dealkylation sites (N-methyl/N-ethyl adjacent to an activating group) is 1. The first-order chi connectivity index (χ1) is 14.2. The summed E-state index contributed by atoms with van der Waals surface area (Å²) in [4.78, 5) is 18.7. The molecule has 0 radical (unpaired) electrons. The second-order valence-electron chi connectivity index (χ2n) is 7.61. The molecule has 3 aromatic carbocycles. The number of nitrogens with zero attached hydrogens (tertiary/aromatic N) is 3. The fraction of sp³-hybridized carbons (Fsp3) is 0.250. The molecule has 0 N–H and O–H groups in total. The number of para-hydroxylation sites is 2. The topological polar surface area (TPSA) is 47.4 Å². The van der Waals surface area contributed by atoms with Crippen molar-refractivity contribution in [1.82, 2.24) is 14.5 Å². The Kier molecular flexibility index (Phi) is 4.43. The minimum atomic E-state index is 0.123. The molecule has 1 unspecified atom stereocenters. The van der Waals surface area contributed by atoms with Gasteiger partial charge >= 0.3 is 0 Å². The Hall–Kier alpha value is -3.34. The molecule has 1 amide bonds. The van der Waals surface area contributed by atoms with Gasteiger partial charge in [-0.1, -0.05) is 48.5 Å². The third-order valence-electron chi connectivity index (χ3n) is 5.71. The Morgan fingerprint density at radius 2 is 1.83 bits per heavy atom. The zero-order valence-electron chi connectivity index (χ0n) is 16.4. The molecule has 1 fully saturated rings. The van der Waals surface area contributed by atoms with Crippen LogP contribution in [0.3, 0.4) is 0 Å². The fourth-order valence-electron chi connectivity index (χ4n) is 4.25. The van der Waals surface area contributed by atoms with Crippen LogP contribution in [0.4, 0.5) is 0 Å². The third-order valence-corrected chi connectivity index (χ3v) is 5.71. The summed E-state index contributed by atoms with van der Waals surface area (Å²) in [6.45, 7) is 1.94. The van der Waals surface area contributed by atoms with E-state index in [-0.39, 0.29) is 11.8 Å². The predicted octanol–water partition coefficient (Wildman–Crippen LogP) is 4.21. The number of ether oxygens (including phenoxy) is 1. The van der Waals surface area contributed by atoms with Gasteiger partial charge in [-0.25, -0.2) is 4.98 Å². The van der Waals surface area contributed by atoms with E-state index in [4.69, 9.17) is 9.72 Å². The SMILES string of the molecule is CN1CC(c2nc3ccccc3n2CCOc2cccc3ccccc23)CC1=O. The highest BCUT2D eigenvalue weighted by Gasteiger charge is 2.31. The third kappa shape index (κ3) is 3.23. The summed E-state index contributed by atoms with van der Waals surface area (Å²) in [5.41, 5.74) is 2.06. The van der Waals surface area contributed by atoms with Gasteiger partial charge in [-0.3, -0.25) is 4.79 Å². The highest BCUT2D eigenvalue weighted by Crippen LogP contribution is 2.30. The Morgan fingerprint density at radius 1 is 1.03 bits per heavy atom. The Balaban J connectivity index is 1.42. The minimum absolute atomic E-state index is 0.123. The number of imidazole rings is 1. The molecule has 0 spiro atoms. The molecule has 2 heterocycles. The maximum Gasteiger partial charge on any atom is 0.223 e. The molecule has 0 aliphatic carbocycles. The number of carbonyl (C=O) groups is 1. The molecule has 1 aromatic heterocycles. The quantitative estimate of drug-likeness (QED) is 0.517. The Labute approximate surface area is 169 Å². The maximum absolute atomic E-state index is 12.1. The summed E-state index contributed by atoms with van der Waals surface area (Å²) in [5, 5.41) is 2.29. The molecule has 4 aromatic rings. The van der Waals surface area contributed by atoms with Crippen molar-refractivity contribution in [1.29, 1.82) is 0 Å². The number of carbonyl (C=O) groups excluding carboxylic acids is 1. The summed E-state index contributed by atoms with van der Waals surface area (Å²) in [6.07, 6.45) is 0.518. The van der Waals surface area contributed by atoms with Crippen LogP contribution in [0.5, 0.6) is 5.75 Å². The lowest BCUT2D eigenvalue weighted by atomic mass is 10.1. The Morgan fingerprint density at radius 3 is 2.69 bits per heavy atom. The maximum atomic E-state index is 12.1. The first-order valence-corrected chi connectivity index (χ1v) is 10.0. The van der Waals surface area contributed by atoms with Crippen LogP contribution in [-0.4, -0.2) is 40.6 Å². The van der Waals surface area contributed by atoms with Crippen LogP contribution in [0, 0.1) is 0 Å². The molecular weight excluding hydrogens is 362 g/mol. The van der Waals surface area contributed by atoms with E-state index >= 15 is 0 Å². The molecule has 29 heavy (non-hydrogen) atoms. The number of likely N-dealkylation sites (tertiary alicyclic amines) is 1. The molecule has 5 heteroatoms. The second-order valence-corrected chi connectivity index (χ2v) is 7.61. The number of amides is 1. The van der Waals surface area contributed by atoms with E-state index in [1.165, 1.54) is 5.39 Å². The van der Waals surface area contributed by atoms with E-state index in [1.807, 2.05) is 49.5 Å². The van der Waals surface area contributed by atoms with Gasteiger partial charge in [0, 0.05) is 31.3 Å². The predicted molar refractivity (Wildman–Crippen MR) is 114 cm³/mol. The molecule has 1 aliphatic heterocycles. The number of fused-ring (bicyclic) bond motifs is 2. The van der Waals surface area contributed by atoms with Crippen LogP contribution in [0.1, 0.15) is 18.2 Å². The molecule has 5 rings (SSSR count). The van der Waals surface area contributed by atoms with E-state index in [0.29, 0.717) is 26.1 Å². The van der Waals surface area contributed by atoms with Crippen molar-refractivity contribution in [3.63, 3.8) is 0 Å². The summed E-state index contributed by atoms with van der Waals surface area (Å²) >= 11 is 0. The van der Waals surface area contributed by atoms with Crippen LogP contribution in [0.25, 0.3) is 21.8 Å². The zero-order chi connectivity index (χ0) is 19.8. The highest BCUT2D eigenvalue weighted by atomic mass is 16.5. The van der Waals surface area contributed by atoms with Crippen molar-refractivity contribution in [2.75, 3.05) is 20.2 Å². The number of hydrogen-bond acceptors (Lipinski definition) is 3. The lowest BCUT2D eigenvalue weighted by Crippen LogP contribution is -2.19. The van der Waals surface area contributed by atoms with Gasteiger partial charge in [0.05, 0.1) is 17.6 Å². The molecular formula is C24H23N3O2. The van der Waals surface area contributed by atoms with Crippen LogP contribution in [-0.2, 0) is 11.3 Å². The van der Waals surface area contributed by atoms with Gasteiger partial charge in [0.2, 0.25) is 5.91 Å². The lowest BCUT2D eigenvalue weighted by Gasteiger charge is -2.15. The van der Waals surface area contributed by atoms with Crippen LogP contribution < -0.4 is 4.74 Å². The van der Waals surface area contributed by atoms with Crippen molar-refractivity contribution < 1.29 is 9.53 Å². The average Bonchev–Trinajstić information content (AvgIpc) is 3.28. The summed E-state index contributed by atoms with van der Waals surface area (Å²) < 4.78 is 8.40. The van der Waals surface area contributed by atoms with Crippen molar-refractivity contribution in [2.45, 2.75) is 18.9 Å². The van der Waals surface area contributed by atoms with E-state index in [1.54, 1.807) is 4.90 Å². The summed E-state index contributed by atoms with van der Waals surface area (Å²) in [6, 6.07) is 22.5. The highest BCUT2D eigenvalue weighted by molar-refractivity contribution is 5.88. The number of rotatable bonds is 5. The van der Waals surface area contributed by atoms with E-state index < -0.39 is 0 Å². The van der Waals surface area contributed by atoms with Crippen molar-refractivity contribution >= 4 is 27.7 Å². The van der Waals surface area contributed by atoms with Crippen molar-refractivity contribution in [3.05, 3.63) is 72.6 Å². The van der Waals surface area contributed by atoms with Gasteiger partial charge in [-0.15, -0.1) is 0 Å². The van der Waals surface area contributed by atoms with Gasteiger partial charge in [-0.05, 0) is 23.6 Å². The minimum Gasteiger partial charge on any atom is -0.491 e. The summed E-state index contributed by atoms with van der Waals surface area (Å²) in [7, 11) is 1.86. The molecule has 1 aliphatic rings. The number of hydrogen-bond donors (Lipinski definition) is 0. The normalized spacial score (nSPS) is 16.8. The molecule has 1 atom stereocenters. The average molecular weight is 385 g/mol. The van der Waals surface area contributed by atoms with Crippen LogP contribution in [0.2, 0.25) is 0 Å². The van der Waals surface area contributed by atoms with E-state index in [9.17, 15) is 4.79 Å². The molecule has 146 valence electrons. The van der Waals surface area contributed by atoms with Gasteiger partial charge in [-0.2, -0.15) is 0 Å². The standard InChI is InChI=1S/C24H23N3O2/c1-26-16-18(15-23(26)28)24-25-20-10-4-5-11-21(20)27(24)13-14-29-22-12-6-8-17-7-2-3-9-19(17)22/h2-12,18H,13-16H2,1H3. The first kappa shape index (κ1) is 17.7.